The summed E-state index contributed by atoms with van der Waals surface area (Å²) in [4.78, 5) is 0. The number of fused-ring (bicyclic) bond motifs is 1. The fourth-order valence-corrected chi connectivity index (χ4v) is 2.30. The average molecular weight is 260 g/mol. The Morgan fingerprint density at radius 1 is 1.28 bits per heavy atom. The topological polar surface area (TPSA) is 33.4 Å². The highest BCUT2D eigenvalue weighted by Gasteiger charge is 2.10. The minimum Gasteiger partial charge on any atom is -0.449 e. The van der Waals surface area contributed by atoms with E-state index in [0.29, 0.717) is 0 Å². The van der Waals surface area contributed by atoms with E-state index in [2.05, 4.69) is 11.8 Å². The highest BCUT2D eigenvalue weighted by Crippen LogP contribution is 2.30. The van der Waals surface area contributed by atoms with Gasteiger partial charge < -0.3 is 9.52 Å². The van der Waals surface area contributed by atoms with Gasteiger partial charge in [0.1, 0.15) is 5.58 Å². The lowest BCUT2D eigenvalue weighted by Crippen LogP contribution is -1.81. The molecule has 0 fully saturated rings. The summed E-state index contributed by atoms with van der Waals surface area (Å²) in [7, 11) is 0. The first kappa shape index (κ1) is 13.1. The average Bonchev–Trinajstić information content (AvgIpc) is 2.77. The van der Waals surface area contributed by atoms with Crippen LogP contribution in [-0.4, -0.2) is 18.0 Å². The van der Waals surface area contributed by atoms with Crippen LogP contribution in [-0.2, 0) is 0 Å². The maximum Gasteiger partial charge on any atom is 0.176 e. The number of para-hydroxylation sites is 1. The number of hydrogen-bond donors (Lipinski definition) is 1. The van der Waals surface area contributed by atoms with E-state index in [1.807, 2.05) is 30.5 Å². The van der Waals surface area contributed by atoms with Crippen LogP contribution in [0.15, 0.2) is 33.8 Å². The Kier molecular flexibility index (Phi) is 4.74. The Hall–Kier alpha value is -1.37. The fourth-order valence-electron chi connectivity index (χ4n) is 1.76. The molecule has 18 heavy (non-hydrogen) atoms. The second-order valence-corrected chi connectivity index (χ2v) is 4.73. The Morgan fingerprint density at radius 3 is 2.89 bits per heavy atom. The number of rotatable bonds is 4. The predicted molar refractivity (Wildman–Crippen MR) is 75.8 cm³/mol. The summed E-state index contributed by atoms with van der Waals surface area (Å²) in [6.07, 6.45) is 4.56. The van der Waals surface area contributed by atoms with E-state index in [0.717, 1.165) is 40.9 Å². The molecule has 0 amide bonds. The van der Waals surface area contributed by atoms with Gasteiger partial charge in [-0.2, -0.15) is 0 Å². The summed E-state index contributed by atoms with van der Waals surface area (Å²) >= 11 is 1.58. The van der Waals surface area contributed by atoms with Gasteiger partial charge in [0, 0.05) is 18.4 Å². The third-order valence-electron chi connectivity index (χ3n) is 2.67. The molecule has 3 heteroatoms. The lowest BCUT2D eigenvalue weighted by atomic mass is 10.1. The van der Waals surface area contributed by atoms with Crippen LogP contribution in [0.4, 0.5) is 0 Å². The zero-order valence-corrected chi connectivity index (χ0v) is 11.2. The van der Waals surface area contributed by atoms with Crippen molar-refractivity contribution in [1.29, 1.82) is 0 Å². The molecule has 0 saturated heterocycles. The third-order valence-corrected chi connectivity index (χ3v) is 3.33. The van der Waals surface area contributed by atoms with Gasteiger partial charge in [0.25, 0.3) is 0 Å². The van der Waals surface area contributed by atoms with E-state index in [1.54, 1.807) is 11.8 Å². The third kappa shape index (κ3) is 2.90. The summed E-state index contributed by atoms with van der Waals surface area (Å²) in [6, 6.07) is 7.97. The largest absolute Gasteiger partial charge is 0.449 e. The number of unbranched alkanes of at least 4 members (excludes halogenated alkanes) is 2. The summed E-state index contributed by atoms with van der Waals surface area (Å²) in [5, 5.41) is 10.7. The molecule has 1 N–H and O–H groups in total. The number of hydrogen-bond acceptors (Lipinski definition) is 3. The van der Waals surface area contributed by atoms with Crippen molar-refractivity contribution in [2.24, 2.45) is 0 Å². The van der Waals surface area contributed by atoms with E-state index in [-0.39, 0.29) is 6.61 Å². The Bertz CT molecular complexity index is 575. The van der Waals surface area contributed by atoms with E-state index in [4.69, 9.17) is 9.52 Å². The van der Waals surface area contributed by atoms with Crippen molar-refractivity contribution >= 4 is 22.7 Å². The van der Waals surface area contributed by atoms with Crippen LogP contribution in [0.1, 0.15) is 24.8 Å². The van der Waals surface area contributed by atoms with Crippen molar-refractivity contribution in [2.75, 3.05) is 12.9 Å². The van der Waals surface area contributed by atoms with Crippen LogP contribution in [0.3, 0.4) is 0 Å². The van der Waals surface area contributed by atoms with Crippen LogP contribution >= 0.6 is 11.8 Å². The Morgan fingerprint density at radius 2 is 2.11 bits per heavy atom. The second-order valence-electron chi connectivity index (χ2n) is 3.95. The molecule has 0 aliphatic carbocycles. The first-order valence-corrected chi connectivity index (χ1v) is 7.24. The molecular formula is C15H16O2S. The second kappa shape index (κ2) is 6.53. The molecule has 1 heterocycles. The van der Waals surface area contributed by atoms with Crippen LogP contribution in [0, 0.1) is 11.8 Å². The minimum atomic E-state index is 0.242. The molecule has 0 bridgehead atoms. The molecule has 0 spiro atoms. The molecule has 2 nitrogen and oxygen atoms in total. The molecule has 2 aromatic rings. The van der Waals surface area contributed by atoms with Gasteiger partial charge in [0.15, 0.2) is 5.09 Å². The molecule has 1 aromatic carbocycles. The Balaban J connectivity index is 2.25. The van der Waals surface area contributed by atoms with Crippen molar-refractivity contribution < 1.29 is 9.52 Å². The van der Waals surface area contributed by atoms with Crippen molar-refractivity contribution in [3.63, 3.8) is 0 Å². The van der Waals surface area contributed by atoms with Crippen LogP contribution in [0.2, 0.25) is 0 Å². The molecule has 0 radical (unpaired) electrons. The molecule has 94 valence electrons. The maximum absolute atomic E-state index is 8.71. The summed E-state index contributed by atoms with van der Waals surface area (Å²) in [6.45, 7) is 0.242. The van der Waals surface area contributed by atoms with Gasteiger partial charge in [-0.3, -0.25) is 0 Å². The van der Waals surface area contributed by atoms with Gasteiger partial charge in [-0.1, -0.05) is 35.7 Å². The van der Waals surface area contributed by atoms with Gasteiger partial charge in [-0.05, 0) is 31.2 Å². The van der Waals surface area contributed by atoms with Crippen LogP contribution in [0.25, 0.3) is 11.0 Å². The molecule has 0 unspecified atom stereocenters. The van der Waals surface area contributed by atoms with Gasteiger partial charge in [-0.25, -0.2) is 0 Å². The van der Waals surface area contributed by atoms with E-state index < -0.39 is 0 Å². The zero-order valence-electron chi connectivity index (χ0n) is 10.4. The number of furan rings is 1. The van der Waals surface area contributed by atoms with Crippen molar-refractivity contribution in [3.05, 3.63) is 29.8 Å². The monoisotopic (exact) mass is 260 g/mol. The first-order valence-electron chi connectivity index (χ1n) is 6.02. The van der Waals surface area contributed by atoms with Gasteiger partial charge in [-0.15, -0.1) is 0 Å². The van der Waals surface area contributed by atoms with Crippen LogP contribution in [0.5, 0.6) is 0 Å². The maximum atomic E-state index is 8.71. The molecule has 0 aliphatic heterocycles. The molecular weight excluding hydrogens is 244 g/mol. The SMILES string of the molecule is CSc1oc2ccccc2c1C#CCCCCO. The van der Waals surface area contributed by atoms with Gasteiger partial charge in [0.2, 0.25) is 0 Å². The predicted octanol–water partition coefficient (Wildman–Crippen LogP) is 3.67. The highest BCUT2D eigenvalue weighted by molar-refractivity contribution is 7.98. The van der Waals surface area contributed by atoms with Crippen molar-refractivity contribution in [3.8, 4) is 11.8 Å². The summed E-state index contributed by atoms with van der Waals surface area (Å²) in [5.74, 6) is 6.35. The van der Waals surface area contributed by atoms with E-state index >= 15 is 0 Å². The Labute approximate surface area is 111 Å². The standard InChI is InChI=1S/C15H16O2S/c1-18-15-13(9-4-2-3-7-11-16)12-8-5-6-10-14(12)17-15/h5-6,8,10,16H,2-3,7,11H2,1H3. The molecule has 0 aliphatic rings. The molecule has 0 saturated carbocycles. The van der Waals surface area contributed by atoms with Gasteiger partial charge in [0.05, 0.1) is 5.56 Å². The van der Waals surface area contributed by atoms with Crippen molar-refractivity contribution in [1.82, 2.24) is 0 Å². The number of aliphatic hydroxyl groups excluding tert-OH is 1. The van der Waals surface area contributed by atoms with Gasteiger partial charge >= 0.3 is 0 Å². The minimum absolute atomic E-state index is 0.242. The molecule has 0 atom stereocenters. The normalized spacial score (nSPS) is 10.3. The summed E-state index contributed by atoms with van der Waals surface area (Å²) < 4.78 is 5.75. The summed E-state index contributed by atoms with van der Waals surface area (Å²) in [5.41, 5.74) is 1.88. The quantitative estimate of drug-likeness (QED) is 0.517. The first-order chi connectivity index (χ1) is 8.86. The number of thioether (sulfide) groups is 1. The smallest absolute Gasteiger partial charge is 0.176 e. The lowest BCUT2D eigenvalue weighted by molar-refractivity contribution is 0.285. The van der Waals surface area contributed by atoms with Crippen molar-refractivity contribution in [2.45, 2.75) is 24.4 Å². The number of aliphatic hydroxyl groups is 1. The highest BCUT2D eigenvalue weighted by atomic mass is 32.2. The van der Waals surface area contributed by atoms with Crippen LogP contribution < -0.4 is 0 Å². The molecule has 2 rings (SSSR count). The lowest BCUT2D eigenvalue weighted by Gasteiger charge is -1.91. The number of benzene rings is 1. The zero-order chi connectivity index (χ0) is 12.8. The molecule has 1 aromatic heterocycles. The fraction of sp³-hybridized carbons (Fsp3) is 0.333. The van der Waals surface area contributed by atoms with E-state index in [1.165, 1.54) is 0 Å². The van der Waals surface area contributed by atoms with E-state index in [9.17, 15) is 0 Å².